The van der Waals surface area contributed by atoms with Crippen LogP contribution in [0.5, 0.6) is 0 Å². The first-order valence-electron chi connectivity index (χ1n) is 4.23. The molecule has 2 rings (SSSR count). The van der Waals surface area contributed by atoms with Crippen molar-refractivity contribution in [2.75, 3.05) is 6.54 Å². The Morgan fingerprint density at radius 1 is 1.71 bits per heavy atom. The molecule has 0 amide bonds. The fraction of sp³-hybridized carbons (Fsp3) is 0.333. The Bertz CT molecular complexity index is 374. The molecular formula is C9H10INOS2. The van der Waals surface area contributed by atoms with E-state index in [9.17, 15) is 4.21 Å². The van der Waals surface area contributed by atoms with Gasteiger partial charge in [0.1, 0.15) is 0 Å². The highest BCUT2D eigenvalue weighted by Gasteiger charge is 2.29. The maximum absolute atomic E-state index is 11.5. The molecule has 2 atom stereocenters. The second-order valence-corrected chi connectivity index (χ2v) is 7.14. The van der Waals surface area contributed by atoms with Gasteiger partial charge < -0.3 is 0 Å². The van der Waals surface area contributed by atoms with Crippen molar-refractivity contribution < 1.29 is 4.21 Å². The van der Waals surface area contributed by atoms with Crippen molar-refractivity contribution in [3.63, 3.8) is 0 Å². The molecule has 1 aromatic heterocycles. The molecule has 0 aromatic carbocycles. The molecule has 0 unspecified atom stereocenters. The summed E-state index contributed by atoms with van der Waals surface area (Å²) in [7, 11) is -0.920. The van der Waals surface area contributed by atoms with Crippen molar-refractivity contribution in [3.8, 4) is 0 Å². The number of halogens is 1. The van der Waals surface area contributed by atoms with E-state index >= 15 is 0 Å². The van der Waals surface area contributed by atoms with Crippen LogP contribution in [0.25, 0.3) is 0 Å². The number of hydrogen-bond acceptors (Lipinski definition) is 2. The largest absolute Gasteiger partial charge is 0.231 e. The summed E-state index contributed by atoms with van der Waals surface area (Å²) in [5, 5.41) is 4.19. The lowest BCUT2D eigenvalue weighted by Gasteiger charge is -2.21. The normalized spacial score (nSPS) is 25.0. The molecule has 0 saturated heterocycles. The molecule has 0 N–H and O–H groups in total. The Kier molecular flexibility index (Phi) is 3.41. The van der Waals surface area contributed by atoms with Crippen LogP contribution in [0, 0.1) is 0 Å². The van der Waals surface area contributed by atoms with Crippen molar-refractivity contribution in [2.45, 2.75) is 13.0 Å². The highest BCUT2D eigenvalue weighted by Crippen LogP contribution is 2.36. The second-order valence-electron chi connectivity index (χ2n) is 3.21. The van der Waals surface area contributed by atoms with Gasteiger partial charge in [-0.3, -0.25) is 0 Å². The minimum atomic E-state index is -0.920. The van der Waals surface area contributed by atoms with E-state index in [0.29, 0.717) is 0 Å². The zero-order valence-corrected chi connectivity index (χ0v) is 11.4. The molecule has 1 aromatic rings. The molecule has 1 aliphatic heterocycles. The van der Waals surface area contributed by atoms with E-state index in [1.54, 1.807) is 11.3 Å². The highest BCUT2D eigenvalue weighted by molar-refractivity contribution is 14.2. The lowest BCUT2D eigenvalue weighted by atomic mass is 10.1. The van der Waals surface area contributed by atoms with E-state index in [1.165, 1.54) is 11.1 Å². The van der Waals surface area contributed by atoms with Gasteiger partial charge >= 0.3 is 0 Å². The maximum Gasteiger partial charge on any atom is 0.159 e. The van der Waals surface area contributed by atoms with E-state index in [4.69, 9.17) is 0 Å². The Balaban J connectivity index is 2.31. The monoisotopic (exact) mass is 339 g/mol. The first-order valence-corrected chi connectivity index (χ1v) is 8.83. The summed E-state index contributed by atoms with van der Waals surface area (Å²) < 4.78 is 13.5. The molecule has 0 spiro atoms. The second kappa shape index (κ2) is 4.42. The van der Waals surface area contributed by atoms with E-state index in [2.05, 4.69) is 29.8 Å². The smallest absolute Gasteiger partial charge is 0.159 e. The fourth-order valence-electron chi connectivity index (χ4n) is 1.68. The zero-order valence-electron chi connectivity index (χ0n) is 7.64. The summed E-state index contributed by atoms with van der Waals surface area (Å²) in [6, 6.07) is 2.33. The average molecular weight is 339 g/mol. The van der Waals surface area contributed by atoms with Crippen LogP contribution < -0.4 is 0 Å². The molecule has 0 radical (unpaired) electrons. The van der Waals surface area contributed by atoms with Gasteiger partial charge in [-0.1, -0.05) is 11.6 Å². The van der Waals surface area contributed by atoms with Crippen LogP contribution >= 0.6 is 32.5 Å². The SMILES string of the molecule is CC1=CCN([S@@](=O)I)[C@H]1c1ccsc1. The molecule has 2 heterocycles. The van der Waals surface area contributed by atoms with E-state index in [-0.39, 0.29) is 6.04 Å². The molecular weight excluding hydrogens is 329 g/mol. The quantitative estimate of drug-likeness (QED) is 0.461. The van der Waals surface area contributed by atoms with Gasteiger partial charge in [0.25, 0.3) is 0 Å². The summed E-state index contributed by atoms with van der Waals surface area (Å²) in [5.41, 5.74) is 2.56. The van der Waals surface area contributed by atoms with E-state index < -0.39 is 8.16 Å². The molecule has 5 heteroatoms. The van der Waals surface area contributed by atoms with Crippen LogP contribution in [-0.4, -0.2) is 15.1 Å². The molecule has 0 saturated carbocycles. The maximum atomic E-state index is 11.5. The van der Waals surface area contributed by atoms with Crippen LogP contribution in [0.2, 0.25) is 0 Å². The minimum absolute atomic E-state index is 0.221. The van der Waals surface area contributed by atoms with Crippen LogP contribution in [-0.2, 0) is 8.16 Å². The summed E-state index contributed by atoms with van der Waals surface area (Å²) in [6.07, 6.45) is 2.15. The molecule has 0 aliphatic carbocycles. The third-order valence-electron chi connectivity index (χ3n) is 2.36. The molecule has 2 nitrogen and oxygen atoms in total. The van der Waals surface area contributed by atoms with Gasteiger partial charge in [0.2, 0.25) is 0 Å². The average Bonchev–Trinajstić information content (AvgIpc) is 2.71. The van der Waals surface area contributed by atoms with E-state index in [1.807, 2.05) is 25.5 Å². The molecule has 0 bridgehead atoms. The van der Waals surface area contributed by atoms with E-state index in [0.717, 1.165) is 6.54 Å². The third-order valence-corrected chi connectivity index (χ3v) is 5.30. The number of rotatable bonds is 2. The number of thiophene rings is 1. The number of hydrogen-bond donors (Lipinski definition) is 0. The van der Waals surface area contributed by atoms with Crippen molar-refractivity contribution >= 4 is 40.7 Å². The summed E-state index contributed by atoms with van der Waals surface area (Å²) in [5.74, 6) is 0. The van der Waals surface area contributed by atoms with Gasteiger partial charge in [-0.15, -0.1) is 0 Å². The van der Waals surface area contributed by atoms with Gasteiger partial charge in [-0.25, -0.2) is 8.51 Å². The summed E-state index contributed by atoms with van der Waals surface area (Å²) in [6.45, 7) is 2.90. The van der Waals surface area contributed by atoms with Crippen LogP contribution in [0.15, 0.2) is 28.5 Å². The number of nitrogens with zero attached hydrogens (tertiary/aromatic N) is 1. The predicted octanol–water partition coefficient (Wildman–Crippen LogP) is 3.06. The van der Waals surface area contributed by atoms with Crippen molar-refractivity contribution in [1.82, 2.24) is 4.31 Å². The fourth-order valence-corrected chi connectivity index (χ4v) is 4.17. The van der Waals surface area contributed by atoms with Crippen LogP contribution in [0.4, 0.5) is 0 Å². The molecule has 76 valence electrons. The summed E-state index contributed by atoms with van der Waals surface area (Å²) in [4.78, 5) is 0. The Morgan fingerprint density at radius 3 is 3.07 bits per heavy atom. The Hall–Kier alpha value is 0.280. The molecule has 14 heavy (non-hydrogen) atoms. The zero-order chi connectivity index (χ0) is 10.1. The van der Waals surface area contributed by atoms with Gasteiger partial charge in [-0.05, 0) is 29.3 Å². The highest BCUT2D eigenvalue weighted by atomic mass is 127. The summed E-state index contributed by atoms with van der Waals surface area (Å²) >= 11 is 3.65. The Labute approximate surface area is 102 Å². The molecule has 0 fully saturated rings. The van der Waals surface area contributed by atoms with Crippen LogP contribution in [0.1, 0.15) is 18.5 Å². The predicted molar refractivity (Wildman–Crippen MR) is 69.7 cm³/mol. The molecule has 1 aliphatic rings. The van der Waals surface area contributed by atoms with Crippen molar-refractivity contribution in [3.05, 3.63) is 34.0 Å². The Morgan fingerprint density at radius 2 is 2.50 bits per heavy atom. The lowest BCUT2D eigenvalue weighted by Crippen LogP contribution is -2.23. The van der Waals surface area contributed by atoms with Crippen molar-refractivity contribution in [2.24, 2.45) is 0 Å². The first kappa shape index (κ1) is 10.8. The van der Waals surface area contributed by atoms with Gasteiger partial charge in [0, 0.05) is 6.54 Å². The third kappa shape index (κ3) is 1.95. The van der Waals surface area contributed by atoms with Gasteiger partial charge in [0.15, 0.2) is 8.16 Å². The van der Waals surface area contributed by atoms with Gasteiger partial charge in [0.05, 0.1) is 27.2 Å². The standard InChI is InChI=1S/C9H10INOS2/c1-7-2-4-11(14(10)12)9(7)8-3-5-13-6-8/h2-3,5-6,9H,4H2,1H3/t9-,14+/m1/s1. The first-order chi connectivity index (χ1) is 6.70. The van der Waals surface area contributed by atoms with Crippen LogP contribution in [0.3, 0.4) is 0 Å². The lowest BCUT2D eigenvalue weighted by molar-refractivity contribution is 0.454. The van der Waals surface area contributed by atoms with Crippen molar-refractivity contribution in [1.29, 1.82) is 0 Å². The topological polar surface area (TPSA) is 20.3 Å². The van der Waals surface area contributed by atoms with Gasteiger partial charge in [-0.2, -0.15) is 11.3 Å². The minimum Gasteiger partial charge on any atom is -0.231 e.